The summed E-state index contributed by atoms with van der Waals surface area (Å²) in [5, 5.41) is 10.3. The minimum absolute atomic E-state index is 0.0558. The number of aliphatic hydroxyl groups is 1. The Labute approximate surface area is 167 Å². The third kappa shape index (κ3) is 5.02. The fourth-order valence-electron chi connectivity index (χ4n) is 3.44. The predicted octanol–water partition coefficient (Wildman–Crippen LogP) is 3.22. The molecule has 0 spiro atoms. The van der Waals surface area contributed by atoms with Crippen molar-refractivity contribution in [1.29, 1.82) is 0 Å². The zero-order chi connectivity index (χ0) is 21.2. The van der Waals surface area contributed by atoms with Crippen molar-refractivity contribution in [3.63, 3.8) is 0 Å². The molecular formula is C20H26F3N3O3. The number of methoxy groups -OCH3 is 1. The summed E-state index contributed by atoms with van der Waals surface area (Å²) in [7, 11) is 1.37. The fraction of sp³-hybridized carbons (Fsp3) is 0.550. The molecule has 2 aliphatic rings. The van der Waals surface area contributed by atoms with Gasteiger partial charge in [0.25, 0.3) is 0 Å². The van der Waals surface area contributed by atoms with E-state index in [2.05, 4.69) is 4.99 Å². The zero-order valence-electron chi connectivity index (χ0n) is 16.4. The van der Waals surface area contributed by atoms with E-state index in [1.165, 1.54) is 13.3 Å². The Hall–Kier alpha value is -2.26. The van der Waals surface area contributed by atoms with Crippen LogP contribution in [0.25, 0.3) is 5.57 Å². The summed E-state index contributed by atoms with van der Waals surface area (Å²) in [6, 6.07) is 3.59. The van der Waals surface area contributed by atoms with Crippen molar-refractivity contribution in [2.45, 2.75) is 57.3 Å². The highest BCUT2D eigenvalue weighted by Gasteiger charge is 2.34. The Morgan fingerprint density at radius 2 is 2.10 bits per heavy atom. The fourth-order valence-corrected chi connectivity index (χ4v) is 3.44. The van der Waals surface area contributed by atoms with E-state index in [1.54, 1.807) is 23.2 Å². The average Bonchev–Trinajstić information content (AvgIpc) is 3.50. The number of hydrogen-bond acceptors (Lipinski definition) is 6. The molecule has 2 atom stereocenters. The van der Waals surface area contributed by atoms with Crippen LogP contribution in [0.2, 0.25) is 0 Å². The van der Waals surface area contributed by atoms with Crippen LogP contribution >= 0.6 is 0 Å². The second-order valence-electron chi connectivity index (χ2n) is 7.33. The summed E-state index contributed by atoms with van der Waals surface area (Å²) in [6.45, 7) is 0.499. The largest absolute Gasteiger partial charge is 0.483 e. The Kier molecular flexibility index (Phi) is 6.38. The summed E-state index contributed by atoms with van der Waals surface area (Å²) in [5.41, 5.74) is 7.86. The van der Waals surface area contributed by atoms with E-state index in [0.717, 1.165) is 12.8 Å². The Balaban J connectivity index is 2.06. The van der Waals surface area contributed by atoms with Gasteiger partial charge in [0.05, 0.1) is 6.04 Å². The SMILES string of the molecule is COC(O)N1c2ccc(C(C=NC3CC3)=CN)c(OCC(F)(F)F)c2CC[C@@H]1C. The van der Waals surface area contributed by atoms with Gasteiger partial charge >= 0.3 is 6.18 Å². The van der Waals surface area contributed by atoms with Gasteiger partial charge < -0.3 is 25.2 Å². The van der Waals surface area contributed by atoms with Crippen LogP contribution in [0.4, 0.5) is 18.9 Å². The van der Waals surface area contributed by atoms with Gasteiger partial charge in [0, 0.05) is 48.0 Å². The normalized spacial score (nSPS) is 21.4. The van der Waals surface area contributed by atoms with Crippen molar-refractivity contribution in [1.82, 2.24) is 0 Å². The molecule has 3 N–H and O–H groups in total. The molecule has 1 unspecified atom stereocenters. The third-order valence-electron chi connectivity index (χ3n) is 5.09. The number of nitrogens with two attached hydrogens (primary N) is 1. The molecule has 29 heavy (non-hydrogen) atoms. The smallest absolute Gasteiger partial charge is 0.422 e. The lowest BCUT2D eigenvalue weighted by molar-refractivity contribution is -0.153. The van der Waals surface area contributed by atoms with Crippen molar-refractivity contribution < 1.29 is 27.8 Å². The van der Waals surface area contributed by atoms with E-state index in [4.69, 9.17) is 15.2 Å². The topological polar surface area (TPSA) is 80.3 Å². The molecule has 1 aliphatic heterocycles. The number of hydrogen-bond donors (Lipinski definition) is 2. The molecule has 1 aromatic carbocycles. The molecule has 0 saturated heterocycles. The predicted molar refractivity (Wildman–Crippen MR) is 105 cm³/mol. The molecule has 1 aliphatic carbocycles. The number of rotatable bonds is 7. The molecule has 0 aromatic heterocycles. The molecule has 1 saturated carbocycles. The number of ether oxygens (including phenoxy) is 2. The quantitative estimate of drug-likeness (QED) is 0.530. The number of halogens is 3. The van der Waals surface area contributed by atoms with E-state index in [0.29, 0.717) is 35.2 Å². The highest BCUT2D eigenvalue weighted by atomic mass is 19.4. The van der Waals surface area contributed by atoms with Gasteiger partial charge in [-0.25, -0.2) is 0 Å². The van der Waals surface area contributed by atoms with Crippen LogP contribution in [0.1, 0.15) is 37.3 Å². The van der Waals surface area contributed by atoms with Gasteiger partial charge in [0.15, 0.2) is 6.61 Å². The molecular weight excluding hydrogens is 387 g/mol. The van der Waals surface area contributed by atoms with Crippen LogP contribution in [0, 0.1) is 0 Å². The third-order valence-corrected chi connectivity index (χ3v) is 5.09. The Morgan fingerprint density at radius 1 is 1.38 bits per heavy atom. The minimum atomic E-state index is -4.48. The first-order valence-corrected chi connectivity index (χ1v) is 9.55. The lowest BCUT2D eigenvalue weighted by Gasteiger charge is -2.40. The first-order valence-electron chi connectivity index (χ1n) is 9.55. The van der Waals surface area contributed by atoms with Crippen LogP contribution in [0.3, 0.4) is 0 Å². The molecule has 160 valence electrons. The maximum absolute atomic E-state index is 12.9. The van der Waals surface area contributed by atoms with Crippen LogP contribution < -0.4 is 15.4 Å². The van der Waals surface area contributed by atoms with E-state index in [9.17, 15) is 18.3 Å². The maximum Gasteiger partial charge on any atom is 0.422 e. The van der Waals surface area contributed by atoms with Gasteiger partial charge in [-0.1, -0.05) is 0 Å². The summed E-state index contributed by atoms with van der Waals surface area (Å²) in [5.74, 6) is 0.110. The minimum Gasteiger partial charge on any atom is -0.483 e. The number of alkyl halides is 3. The number of fused-ring (bicyclic) bond motifs is 1. The van der Waals surface area contributed by atoms with E-state index >= 15 is 0 Å². The van der Waals surface area contributed by atoms with Crippen molar-refractivity contribution in [2.75, 3.05) is 18.6 Å². The van der Waals surface area contributed by atoms with Crippen LogP contribution in [0.5, 0.6) is 5.75 Å². The number of nitrogens with zero attached hydrogens (tertiary/aromatic N) is 2. The maximum atomic E-state index is 12.9. The number of allylic oxidation sites excluding steroid dienone is 1. The Bertz CT molecular complexity index is 791. The van der Waals surface area contributed by atoms with E-state index < -0.39 is 19.2 Å². The van der Waals surface area contributed by atoms with Crippen molar-refractivity contribution in [3.8, 4) is 5.75 Å². The number of anilines is 1. The van der Waals surface area contributed by atoms with Crippen molar-refractivity contribution in [2.24, 2.45) is 10.7 Å². The summed E-state index contributed by atoms with van der Waals surface area (Å²) < 4.78 is 49.1. The molecule has 6 nitrogen and oxygen atoms in total. The molecule has 1 aromatic rings. The molecule has 9 heteroatoms. The highest BCUT2D eigenvalue weighted by molar-refractivity contribution is 6.11. The van der Waals surface area contributed by atoms with E-state index in [1.807, 2.05) is 6.92 Å². The van der Waals surface area contributed by atoms with Gasteiger partial charge in [0.1, 0.15) is 5.75 Å². The lowest BCUT2D eigenvalue weighted by atomic mass is 9.92. The first kappa shape index (κ1) is 21.4. The molecule has 3 rings (SSSR count). The van der Waals surface area contributed by atoms with Crippen molar-refractivity contribution in [3.05, 3.63) is 29.5 Å². The summed E-state index contributed by atoms with van der Waals surface area (Å²) >= 11 is 0. The van der Waals surface area contributed by atoms with Gasteiger partial charge in [-0.2, -0.15) is 13.2 Å². The van der Waals surface area contributed by atoms with Gasteiger partial charge in [-0.15, -0.1) is 0 Å². The van der Waals surface area contributed by atoms with Crippen LogP contribution in [-0.4, -0.2) is 49.7 Å². The molecule has 0 amide bonds. The van der Waals surface area contributed by atoms with Gasteiger partial charge in [-0.3, -0.25) is 4.99 Å². The first-order chi connectivity index (χ1) is 13.7. The Morgan fingerprint density at radius 3 is 2.69 bits per heavy atom. The molecule has 1 heterocycles. The monoisotopic (exact) mass is 413 g/mol. The zero-order valence-corrected chi connectivity index (χ0v) is 16.4. The van der Waals surface area contributed by atoms with Gasteiger partial charge in [0.2, 0.25) is 6.41 Å². The molecule has 0 radical (unpaired) electrons. The second kappa shape index (κ2) is 8.62. The molecule has 1 fully saturated rings. The number of aliphatic hydroxyl groups excluding tert-OH is 1. The van der Waals surface area contributed by atoms with Crippen molar-refractivity contribution >= 4 is 17.5 Å². The van der Waals surface area contributed by atoms with Gasteiger partial charge in [-0.05, 0) is 44.7 Å². The summed E-state index contributed by atoms with van der Waals surface area (Å²) in [4.78, 5) is 6.02. The van der Waals surface area contributed by atoms with E-state index in [-0.39, 0.29) is 17.8 Å². The standard InChI is InChI=1S/C20H26F3N3O3/c1-12-3-6-16-17(26(12)19(27)28-2)8-7-15(18(16)29-11-20(21,22)23)13(9-24)10-25-14-4-5-14/h7-10,12,14,19,27H,3-6,11,24H2,1-2H3/t12-,19?/m0/s1. The highest BCUT2D eigenvalue weighted by Crippen LogP contribution is 2.42. The van der Waals surface area contributed by atoms with Crippen LogP contribution in [0.15, 0.2) is 23.3 Å². The molecule has 0 bridgehead atoms. The summed E-state index contributed by atoms with van der Waals surface area (Å²) in [6.07, 6.45) is 0.331. The number of benzene rings is 1. The van der Waals surface area contributed by atoms with Crippen LogP contribution in [-0.2, 0) is 11.2 Å². The number of aliphatic imine (C=N–C) groups is 1. The second-order valence-corrected chi connectivity index (χ2v) is 7.33. The lowest BCUT2D eigenvalue weighted by Crippen LogP contribution is -2.46. The average molecular weight is 413 g/mol.